The maximum atomic E-state index is 14.3. The molecule has 0 saturated carbocycles. The summed E-state index contributed by atoms with van der Waals surface area (Å²) in [6, 6.07) is 16.1. The summed E-state index contributed by atoms with van der Waals surface area (Å²) in [4.78, 5) is 44.6. The zero-order valence-electron chi connectivity index (χ0n) is 28.6. The number of carbonyl (C=O) groups is 2. The molecular weight excluding hydrogens is 902 g/mol. The van der Waals surface area contributed by atoms with Gasteiger partial charge in [0.05, 0.1) is 52.3 Å². The molecule has 14 heteroatoms. The number of hydrogen-bond acceptors (Lipinski definition) is 11. The smallest absolute Gasteiger partial charge is 0.343 e. The van der Waals surface area contributed by atoms with E-state index < -0.39 is 18.0 Å². The van der Waals surface area contributed by atoms with E-state index in [1.165, 1.54) is 23.0 Å². The monoisotopic (exact) mass is 938 g/mol. The van der Waals surface area contributed by atoms with Gasteiger partial charge in [0.15, 0.2) is 34.4 Å². The molecular formula is C37H36I2N2O9S. The summed E-state index contributed by atoms with van der Waals surface area (Å²) in [7, 11) is 1.27. The summed E-state index contributed by atoms with van der Waals surface area (Å²) < 4.78 is 37.7. The van der Waals surface area contributed by atoms with Crippen LogP contribution >= 0.6 is 56.5 Å². The van der Waals surface area contributed by atoms with Gasteiger partial charge >= 0.3 is 11.9 Å². The van der Waals surface area contributed by atoms with Gasteiger partial charge in [-0.05, 0) is 132 Å². The Morgan fingerprint density at radius 1 is 0.902 bits per heavy atom. The molecule has 1 aromatic heterocycles. The van der Waals surface area contributed by atoms with E-state index in [1.807, 2.05) is 50.2 Å². The first-order chi connectivity index (χ1) is 24.6. The van der Waals surface area contributed by atoms with Crippen molar-refractivity contribution in [3.8, 4) is 23.0 Å². The van der Waals surface area contributed by atoms with E-state index in [9.17, 15) is 14.4 Å². The van der Waals surface area contributed by atoms with Gasteiger partial charge in [0.1, 0.15) is 6.61 Å². The van der Waals surface area contributed by atoms with Crippen molar-refractivity contribution in [1.29, 1.82) is 0 Å². The lowest BCUT2D eigenvalue weighted by Gasteiger charge is -2.25. The molecule has 0 amide bonds. The van der Waals surface area contributed by atoms with Crippen LogP contribution in [0.5, 0.6) is 23.0 Å². The second-order valence-corrected chi connectivity index (χ2v) is 14.4. The van der Waals surface area contributed by atoms with Crippen molar-refractivity contribution in [2.45, 2.75) is 40.3 Å². The zero-order chi connectivity index (χ0) is 36.7. The summed E-state index contributed by atoms with van der Waals surface area (Å²) >= 11 is 5.69. The first-order valence-electron chi connectivity index (χ1n) is 16.1. The Bertz CT molecular complexity index is 2140. The number of carbonyl (C=O) groups excluding carboxylic acids is 2. The molecule has 2 heterocycles. The van der Waals surface area contributed by atoms with Crippen LogP contribution < -0.4 is 33.8 Å². The molecule has 1 atom stereocenters. The summed E-state index contributed by atoms with van der Waals surface area (Å²) in [5.41, 5.74) is 2.65. The second-order valence-electron chi connectivity index (χ2n) is 11.0. The molecule has 4 aromatic rings. The van der Waals surface area contributed by atoms with Crippen LogP contribution in [-0.4, -0.2) is 50.0 Å². The molecule has 0 spiro atoms. The topological polar surface area (TPSA) is 124 Å². The maximum Gasteiger partial charge on any atom is 0.343 e. The summed E-state index contributed by atoms with van der Waals surface area (Å²) in [5.74, 6) is 0.685. The van der Waals surface area contributed by atoms with Gasteiger partial charge in [-0.25, -0.2) is 14.6 Å². The highest BCUT2D eigenvalue weighted by Gasteiger charge is 2.34. The van der Waals surface area contributed by atoms with Crippen molar-refractivity contribution in [3.05, 3.63) is 109 Å². The third-order valence-corrected chi connectivity index (χ3v) is 10.1. The average molecular weight is 939 g/mol. The van der Waals surface area contributed by atoms with Gasteiger partial charge in [-0.2, -0.15) is 0 Å². The summed E-state index contributed by atoms with van der Waals surface area (Å²) in [6.07, 6.45) is 1.78. The van der Waals surface area contributed by atoms with Crippen LogP contribution in [0.4, 0.5) is 0 Å². The van der Waals surface area contributed by atoms with Crippen molar-refractivity contribution in [2.75, 3.05) is 33.5 Å². The molecule has 0 N–H and O–H groups in total. The third kappa shape index (κ3) is 8.95. The quantitative estimate of drug-likeness (QED) is 0.112. The summed E-state index contributed by atoms with van der Waals surface area (Å²) in [5, 5.41) is 0. The van der Waals surface area contributed by atoms with Crippen LogP contribution in [0.15, 0.2) is 75.7 Å². The largest absolute Gasteiger partial charge is 0.490 e. The van der Waals surface area contributed by atoms with Crippen LogP contribution in [0, 0.1) is 7.14 Å². The Labute approximate surface area is 326 Å². The predicted molar refractivity (Wildman–Crippen MR) is 209 cm³/mol. The first kappa shape index (κ1) is 38.3. The molecule has 0 unspecified atom stereocenters. The molecule has 0 radical (unpaired) electrons. The summed E-state index contributed by atoms with van der Waals surface area (Å²) in [6.45, 7) is 8.08. The highest BCUT2D eigenvalue weighted by atomic mass is 127. The number of esters is 2. The van der Waals surface area contributed by atoms with Gasteiger partial charge in [0, 0.05) is 3.57 Å². The molecule has 3 aromatic carbocycles. The van der Waals surface area contributed by atoms with E-state index in [0.717, 1.165) is 18.3 Å². The van der Waals surface area contributed by atoms with E-state index in [1.54, 1.807) is 38.1 Å². The fourth-order valence-electron chi connectivity index (χ4n) is 5.35. The van der Waals surface area contributed by atoms with Gasteiger partial charge in [-0.15, -0.1) is 0 Å². The normalized spacial score (nSPS) is 14.0. The van der Waals surface area contributed by atoms with E-state index in [2.05, 4.69) is 50.2 Å². The molecule has 5 rings (SSSR count). The number of aromatic nitrogens is 1. The molecule has 51 heavy (non-hydrogen) atoms. The Kier molecular flexibility index (Phi) is 13.2. The fraction of sp³-hybridized carbons (Fsp3) is 0.297. The number of benzene rings is 3. The second kappa shape index (κ2) is 17.5. The molecule has 0 bridgehead atoms. The van der Waals surface area contributed by atoms with Gasteiger partial charge in [-0.3, -0.25) is 9.36 Å². The van der Waals surface area contributed by atoms with Crippen molar-refractivity contribution in [1.82, 2.24) is 4.57 Å². The first-order valence-corrected chi connectivity index (χ1v) is 19.0. The molecule has 0 saturated heterocycles. The Morgan fingerprint density at radius 3 is 2.31 bits per heavy atom. The maximum absolute atomic E-state index is 14.3. The van der Waals surface area contributed by atoms with E-state index >= 15 is 0 Å². The molecule has 11 nitrogen and oxygen atoms in total. The van der Waals surface area contributed by atoms with Crippen LogP contribution in [0.3, 0.4) is 0 Å². The van der Waals surface area contributed by atoms with E-state index in [-0.39, 0.29) is 24.3 Å². The van der Waals surface area contributed by atoms with Crippen LogP contribution in [-0.2, 0) is 25.7 Å². The number of thiazole rings is 1. The number of hydrogen-bond donors (Lipinski definition) is 0. The number of fused-ring (bicyclic) bond motifs is 1. The molecule has 1 aliphatic rings. The van der Waals surface area contributed by atoms with Gasteiger partial charge in [-0.1, -0.05) is 29.5 Å². The number of methoxy groups -OCH3 is 1. The van der Waals surface area contributed by atoms with Gasteiger partial charge in [0.25, 0.3) is 5.56 Å². The molecule has 268 valence electrons. The SMILES string of the molecule is CCOC(=O)C1=C(C)N=c2s/c(=C\c3cc(I)c(OCc4ccc(I)cc4)c(OCC)c3)c(=O)n2[C@@H]1c1ccc(OCC(=O)OC)c(OCC)c1. The van der Waals surface area contributed by atoms with Crippen LogP contribution in [0.1, 0.15) is 50.4 Å². The fourth-order valence-corrected chi connectivity index (χ4v) is 7.53. The van der Waals surface area contributed by atoms with Crippen LogP contribution in [0.25, 0.3) is 6.08 Å². The molecule has 0 fully saturated rings. The number of halogens is 2. The van der Waals surface area contributed by atoms with Crippen molar-refractivity contribution < 1.29 is 38.0 Å². The van der Waals surface area contributed by atoms with Crippen LogP contribution in [0.2, 0.25) is 0 Å². The lowest BCUT2D eigenvalue weighted by atomic mass is 9.95. The minimum Gasteiger partial charge on any atom is -0.490 e. The lowest BCUT2D eigenvalue weighted by molar-refractivity contribution is -0.143. The van der Waals surface area contributed by atoms with Gasteiger partial charge < -0.3 is 28.4 Å². The lowest BCUT2D eigenvalue weighted by Crippen LogP contribution is -2.40. The minimum atomic E-state index is -0.882. The number of allylic oxidation sites excluding steroid dienone is 1. The Morgan fingerprint density at radius 2 is 1.63 bits per heavy atom. The number of nitrogens with zero attached hydrogens (tertiary/aromatic N) is 2. The molecule has 1 aliphatic heterocycles. The number of ether oxygens (including phenoxy) is 6. The molecule has 0 aliphatic carbocycles. The van der Waals surface area contributed by atoms with Crippen molar-refractivity contribution in [2.24, 2.45) is 4.99 Å². The minimum absolute atomic E-state index is 0.141. The third-order valence-electron chi connectivity index (χ3n) is 7.60. The standard InChI is InChI=1S/C37H36I2N2O9S/c1-6-46-28-18-24(11-14-27(28)49-20-31(42)45-5)33-32(36(44)48-8-3)21(4)40-37-41(33)35(43)30(51-37)17-23-15-26(39)34(29(16-23)47-7-2)50-19-22-9-12-25(38)13-10-22/h9-18,33H,6-8,19-20H2,1-5H3/b30-17-/t33-/m1/s1. The van der Waals surface area contributed by atoms with Gasteiger partial charge in [0.2, 0.25) is 0 Å². The predicted octanol–water partition coefficient (Wildman–Crippen LogP) is 5.94. The highest BCUT2D eigenvalue weighted by Crippen LogP contribution is 2.37. The van der Waals surface area contributed by atoms with E-state index in [4.69, 9.17) is 28.4 Å². The average Bonchev–Trinajstić information content (AvgIpc) is 3.41. The van der Waals surface area contributed by atoms with E-state index in [0.29, 0.717) is 63.4 Å². The van der Waals surface area contributed by atoms with Crippen molar-refractivity contribution >= 4 is 74.5 Å². The zero-order valence-corrected chi connectivity index (χ0v) is 33.8. The highest BCUT2D eigenvalue weighted by molar-refractivity contribution is 14.1. The number of rotatable bonds is 14. The Balaban J connectivity index is 1.59. The Hall–Kier alpha value is -3.90. The van der Waals surface area contributed by atoms with Crippen molar-refractivity contribution in [3.63, 3.8) is 0 Å².